The Bertz CT molecular complexity index is 272. The van der Waals surface area contributed by atoms with Gasteiger partial charge in [-0.1, -0.05) is 0 Å². The van der Waals surface area contributed by atoms with Crippen molar-refractivity contribution >= 4 is 0 Å². The maximum atomic E-state index is 9.82. The molecule has 0 unspecified atom stereocenters. The summed E-state index contributed by atoms with van der Waals surface area (Å²) in [6.45, 7) is 2.66. The summed E-state index contributed by atoms with van der Waals surface area (Å²) in [5.41, 5.74) is 0.347. The van der Waals surface area contributed by atoms with Gasteiger partial charge in [0.1, 0.15) is 18.3 Å². The average Bonchev–Trinajstić information content (AvgIpc) is 2.19. The fraction of sp³-hybridized carbons (Fsp3) is 0.778. The number of aliphatic hydroxyl groups excluding tert-OH is 4. The minimum Gasteiger partial charge on any atom is -0.507 e. The van der Waals surface area contributed by atoms with Crippen LogP contribution in [0.15, 0.2) is 11.3 Å². The highest BCUT2D eigenvalue weighted by Gasteiger charge is 2.51. The van der Waals surface area contributed by atoms with Gasteiger partial charge >= 0.3 is 0 Å². The van der Waals surface area contributed by atoms with Crippen LogP contribution in [0.3, 0.4) is 0 Å². The molecule has 0 saturated carbocycles. The van der Waals surface area contributed by atoms with E-state index < -0.39 is 29.9 Å². The van der Waals surface area contributed by atoms with Crippen LogP contribution in [0.2, 0.25) is 0 Å². The van der Waals surface area contributed by atoms with Crippen LogP contribution in [-0.2, 0) is 4.74 Å². The molecule has 1 rings (SSSR count). The Hall–Kier alpha value is -0.660. The van der Waals surface area contributed by atoms with Gasteiger partial charge in [0.15, 0.2) is 5.76 Å². The molecular formula is C9H16O6. The SMILES string of the molecule is CC(C)=C(O)[C@@]1(O)OC[C@@H](O)[C@@H](O)[C@@H]1O. The lowest BCUT2D eigenvalue weighted by molar-refractivity contribution is -0.312. The first-order chi connectivity index (χ1) is 6.80. The molecule has 0 radical (unpaired) electrons. The predicted octanol–water partition coefficient (Wildman–Crippen LogP) is -1.36. The molecule has 6 nitrogen and oxygen atoms in total. The van der Waals surface area contributed by atoms with E-state index in [1.54, 1.807) is 0 Å². The Balaban J connectivity index is 3.00. The third-order valence-electron chi connectivity index (χ3n) is 2.41. The second kappa shape index (κ2) is 4.07. The molecule has 0 spiro atoms. The number of ether oxygens (including phenoxy) is 1. The molecule has 4 atom stereocenters. The van der Waals surface area contributed by atoms with Crippen LogP contribution < -0.4 is 0 Å². The molecule has 1 heterocycles. The van der Waals surface area contributed by atoms with Gasteiger partial charge in [0.05, 0.1) is 6.61 Å². The van der Waals surface area contributed by atoms with E-state index in [-0.39, 0.29) is 6.61 Å². The first kappa shape index (κ1) is 12.4. The van der Waals surface area contributed by atoms with Gasteiger partial charge in [-0.15, -0.1) is 0 Å². The fourth-order valence-electron chi connectivity index (χ4n) is 1.40. The summed E-state index contributed by atoms with van der Waals surface area (Å²) in [5, 5.41) is 47.4. The van der Waals surface area contributed by atoms with Crippen LogP contribution >= 0.6 is 0 Å². The Morgan fingerprint density at radius 2 is 1.80 bits per heavy atom. The van der Waals surface area contributed by atoms with E-state index in [1.807, 2.05) is 0 Å². The second-order valence-electron chi connectivity index (χ2n) is 3.86. The van der Waals surface area contributed by atoms with Gasteiger partial charge in [-0.05, 0) is 19.4 Å². The highest BCUT2D eigenvalue weighted by Crippen LogP contribution is 2.30. The zero-order chi connectivity index (χ0) is 11.8. The summed E-state index contributed by atoms with van der Waals surface area (Å²) in [4.78, 5) is 0. The summed E-state index contributed by atoms with van der Waals surface area (Å²) < 4.78 is 4.77. The number of hydrogen-bond acceptors (Lipinski definition) is 6. The molecule has 6 heteroatoms. The molecular weight excluding hydrogens is 204 g/mol. The van der Waals surface area contributed by atoms with E-state index in [2.05, 4.69) is 0 Å². The number of aliphatic hydroxyl groups is 5. The smallest absolute Gasteiger partial charge is 0.254 e. The monoisotopic (exact) mass is 220 g/mol. The van der Waals surface area contributed by atoms with Crippen LogP contribution in [0.25, 0.3) is 0 Å². The van der Waals surface area contributed by atoms with Crippen molar-refractivity contribution in [3.63, 3.8) is 0 Å². The molecule has 0 aliphatic carbocycles. The number of hydrogen-bond donors (Lipinski definition) is 5. The minimum absolute atomic E-state index is 0.347. The Morgan fingerprint density at radius 3 is 2.27 bits per heavy atom. The molecule has 1 saturated heterocycles. The topological polar surface area (TPSA) is 110 Å². The van der Waals surface area contributed by atoms with Crippen LogP contribution in [0.4, 0.5) is 0 Å². The first-order valence-electron chi connectivity index (χ1n) is 4.58. The summed E-state index contributed by atoms with van der Waals surface area (Å²) >= 11 is 0. The quantitative estimate of drug-likeness (QED) is 0.349. The van der Waals surface area contributed by atoms with E-state index in [4.69, 9.17) is 9.84 Å². The van der Waals surface area contributed by atoms with E-state index in [1.165, 1.54) is 13.8 Å². The largest absolute Gasteiger partial charge is 0.507 e. The first-order valence-corrected chi connectivity index (χ1v) is 4.58. The summed E-state index contributed by atoms with van der Waals surface area (Å²) in [7, 11) is 0. The molecule has 1 aliphatic heterocycles. The molecule has 0 aromatic heterocycles. The molecule has 5 N–H and O–H groups in total. The highest BCUT2D eigenvalue weighted by atomic mass is 16.7. The van der Waals surface area contributed by atoms with E-state index in [0.717, 1.165) is 0 Å². The maximum absolute atomic E-state index is 9.82. The zero-order valence-electron chi connectivity index (χ0n) is 8.58. The van der Waals surface area contributed by atoms with Crippen LogP contribution in [0.5, 0.6) is 0 Å². The zero-order valence-corrected chi connectivity index (χ0v) is 8.58. The van der Waals surface area contributed by atoms with Crippen molar-refractivity contribution in [2.24, 2.45) is 0 Å². The molecule has 0 amide bonds. The summed E-state index contributed by atoms with van der Waals surface area (Å²) in [5.74, 6) is -2.90. The van der Waals surface area contributed by atoms with Crippen LogP contribution in [-0.4, -0.2) is 56.2 Å². The van der Waals surface area contributed by atoms with Crippen LogP contribution in [0.1, 0.15) is 13.8 Å². The third kappa shape index (κ3) is 1.99. The summed E-state index contributed by atoms with van der Waals surface area (Å²) in [6, 6.07) is 0. The molecule has 1 fully saturated rings. The van der Waals surface area contributed by atoms with Gasteiger partial charge in [-0.3, -0.25) is 0 Å². The lowest BCUT2D eigenvalue weighted by Crippen LogP contribution is -2.61. The maximum Gasteiger partial charge on any atom is 0.254 e. The molecule has 0 aromatic carbocycles. The lowest BCUT2D eigenvalue weighted by atomic mass is 9.94. The van der Waals surface area contributed by atoms with Crippen LogP contribution in [0, 0.1) is 0 Å². The van der Waals surface area contributed by atoms with Crippen molar-refractivity contribution in [1.82, 2.24) is 0 Å². The van der Waals surface area contributed by atoms with E-state index >= 15 is 0 Å². The van der Waals surface area contributed by atoms with Gasteiger partial charge in [0, 0.05) is 0 Å². The van der Waals surface area contributed by atoms with Crippen molar-refractivity contribution in [3.8, 4) is 0 Å². The summed E-state index contributed by atoms with van der Waals surface area (Å²) in [6.07, 6.45) is -4.65. The Kier molecular flexibility index (Phi) is 3.37. The van der Waals surface area contributed by atoms with E-state index in [9.17, 15) is 20.4 Å². The molecule has 88 valence electrons. The number of allylic oxidation sites excluding steroid dienone is 1. The fourth-order valence-corrected chi connectivity index (χ4v) is 1.40. The molecule has 1 aliphatic rings. The van der Waals surface area contributed by atoms with Crippen molar-refractivity contribution in [1.29, 1.82) is 0 Å². The molecule has 15 heavy (non-hydrogen) atoms. The second-order valence-corrected chi connectivity index (χ2v) is 3.86. The van der Waals surface area contributed by atoms with Gasteiger partial charge < -0.3 is 30.3 Å². The van der Waals surface area contributed by atoms with Gasteiger partial charge in [0.2, 0.25) is 0 Å². The van der Waals surface area contributed by atoms with Gasteiger partial charge in [0.25, 0.3) is 5.79 Å². The van der Waals surface area contributed by atoms with Crippen molar-refractivity contribution in [2.75, 3.05) is 6.61 Å². The lowest BCUT2D eigenvalue weighted by Gasteiger charge is -2.41. The van der Waals surface area contributed by atoms with E-state index in [0.29, 0.717) is 5.57 Å². The van der Waals surface area contributed by atoms with Gasteiger partial charge in [-0.2, -0.15) is 0 Å². The Labute approximate surface area is 87.0 Å². The highest BCUT2D eigenvalue weighted by molar-refractivity contribution is 5.15. The minimum atomic E-state index is -2.35. The Morgan fingerprint density at radius 1 is 1.27 bits per heavy atom. The average molecular weight is 220 g/mol. The molecule has 0 bridgehead atoms. The number of rotatable bonds is 1. The van der Waals surface area contributed by atoms with Crippen molar-refractivity contribution < 1.29 is 30.3 Å². The normalized spacial score (nSPS) is 41.3. The predicted molar refractivity (Wildman–Crippen MR) is 49.9 cm³/mol. The third-order valence-corrected chi connectivity index (χ3v) is 2.41. The standard InChI is InChI=1S/C9H16O6/c1-4(2)7(12)9(14)8(13)6(11)5(10)3-15-9/h5-6,8,10-14H,3H2,1-2H3/t5-,6-,8+,9-/m1/s1. The van der Waals surface area contributed by atoms with Gasteiger partial charge in [-0.25, -0.2) is 0 Å². The van der Waals surface area contributed by atoms with Crippen molar-refractivity contribution in [3.05, 3.63) is 11.3 Å². The van der Waals surface area contributed by atoms with Crippen molar-refractivity contribution in [2.45, 2.75) is 37.9 Å². The molecule has 0 aromatic rings.